The summed E-state index contributed by atoms with van der Waals surface area (Å²) in [5, 5.41) is 0. The molecule has 2 aromatic rings. The predicted molar refractivity (Wildman–Crippen MR) is 83.7 cm³/mol. The third-order valence-corrected chi connectivity index (χ3v) is 3.07. The molecule has 0 saturated carbocycles. The molecule has 1 heteroatoms. The first kappa shape index (κ1) is 13.3. The Labute approximate surface area is 115 Å². The quantitative estimate of drug-likeness (QED) is 0.804. The van der Waals surface area contributed by atoms with Gasteiger partial charge in [0.05, 0.1) is 0 Å². The largest absolute Gasteiger partial charge is 0.327 e. The predicted octanol–water partition coefficient (Wildman–Crippen LogP) is 4.27. The standard InChI is InChI=1S/C18H19N/c1-2-15(11-8-14-19)17-12-6-7-13-18(17)16-9-4-3-5-10-16/h2-13H,14,19H2,1H3/b11-8-,15-2+. The van der Waals surface area contributed by atoms with Crippen LogP contribution in [-0.4, -0.2) is 6.54 Å². The topological polar surface area (TPSA) is 26.0 Å². The lowest BCUT2D eigenvalue weighted by molar-refractivity contribution is 1.25. The van der Waals surface area contributed by atoms with Crippen molar-refractivity contribution >= 4 is 5.57 Å². The number of rotatable bonds is 4. The van der Waals surface area contributed by atoms with Gasteiger partial charge in [0.15, 0.2) is 0 Å². The average Bonchev–Trinajstić information content (AvgIpc) is 2.49. The summed E-state index contributed by atoms with van der Waals surface area (Å²) in [6.07, 6.45) is 6.19. The van der Waals surface area contributed by atoms with Crippen LogP contribution >= 0.6 is 0 Å². The van der Waals surface area contributed by atoms with E-state index in [0.717, 1.165) is 0 Å². The van der Waals surface area contributed by atoms with E-state index in [9.17, 15) is 0 Å². The average molecular weight is 249 g/mol. The molecule has 0 aliphatic rings. The van der Waals surface area contributed by atoms with E-state index in [1.165, 1.54) is 22.3 Å². The fourth-order valence-electron chi connectivity index (χ4n) is 2.14. The van der Waals surface area contributed by atoms with Crippen LogP contribution in [0.1, 0.15) is 12.5 Å². The van der Waals surface area contributed by atoms with Gasteiger partial charge in [-0.15, -0.1) is 0 Å². The monoisotopic (exact) mass is 249 g/mol. The molecule has 0 saturated heterocycles. The molecule has 0 aromatic heterocycles. The Morgan fingerprint density at radius 2 is 1.68 bits per heavy atom. The first-order valence-electron chi connectivity index (χ1n) is 6.54. The molecule has 2 rings (SSSR count). The van der Waals surface area contributed by atoms with Gasteiger partial charge in [-0.25, -0.2) is 0 Å². The van der Waals surface area contributed by atoms with E-state index in [2.05, 4.69) is 67.6 Å². The van der Waals surface area contributed by atoms with Crippen LogP contribution < -0.4 is 5.73 Å². The summed E-state index contributed by atoms with van der Waals surface area (Å²) in [6.45, 7) is 2.61. The van der Waals surface area contributed by atoms with Crippen LogP contribution in [-0.2, 0) is 0 Å². The minimum Gasteiger partial charge on any atom is -0.327 e. The van der Waals surface area contributed by atoms with Crippen LogP contribution in [0.5, 0.6) is 0 Å². The third kappa shape index (κ3) is 3.21. The normalized spacial score (nSPS) is 12.0. The molecule has 0 heterocycles. The van der Waals surface area contributed by atoms with Gasteiger partial charge in [-0.3, -0.25) is 0 Å². The Bertz CT molecular complexity index is 580. The number of allylic oxidation sites excluding steroid dienone is 3. The van der Waals surface area contributed by atoms with Crippen molar-refractivity contribution in [3.63, 3.8) is 0 Å². The van der Waals surface area contributed by atoms with E-state index in [1.807, 2.05) is 12.1 Å². The highest BCUT2D eigenvalue weighted by Crippen LogP contribution is 2.29. The molecule has 2 N–H and O–H groups in total. The van der Waals surface area contributed by atoms with E-state index in [4.69, 9.17) is 5.73 Å². The Balaban J connectivity index is 2.50. The molecule has 19 heavy (non-hydrogen) atoms. The molecule has 2 aromatic carbocycles. The smallest absolute Gasteiger partial charge is 0.0110 e. The van der Waals surface area contributed by atoms with Crippen molar-refractivity contribution in [2.75, 3.05) is 6.54 Å². The van der Waals surface area contributed by atoms with Crippen molar-refractivity contribution in [3.05, 3.63) is 78.4 Å². The molecular formula is C18H19N. The lowest BCUT2D eigenvalue weighted by Gasteiger charge is -2.10. The molecule has 96 valence electrons. The molecule has 0 aliphatic heterocycles. The zero-order valence-corrected chi connectivity index (χ0v) is 11.2. The molecule has 0 unspecified atom stereocenters. The lowest BCUT2D eigenvalue weighted by atomic mass is 9.94. The van der Waals surface area contributed by atoms with Crippen LogP contribution in [0.4, 0.5) is 0 Å². The summed E-state index contributed by atoms with van der Waals surface area (Å²) in [4.78, 5) is 0. The summed E-state index contributed by atoms with van der Waals surface area (Å²) < 4.78 is 0. The fourth-order valence-corrected chi connectivity index (χ4v) is 2.14. The van der Waals surface area contributed by atoms with Crippen molar-refractivity contribution in [1.82, 2.24) is 0 Å². The van der Waals surface area contributed by atoms with Gasteiger partial charge >= 0.3 is 0 Å². The van der Waals surface area contributed by atoms with E-state index in [-0.39, 0.29) is 0 Å². The lowest BCUT2D eigenvalue weighted by Crippen LogP contribution is -1.93. The maximum Gasteiger partial charge on any atom is 0.0110 e. The molecule has 0 amide bonds. The van der Waals surface area contributed by atoms with Crippen molar-refractivity contribution in [1.29, 1.82) is 0 Å². The van der Waals surface area contributed by atoms with E-state index >= 15 is 0 Å². The van der Waals surface area contributed by atoms with Crippen molar-refractivity contribution < 1.29 is 0 Å². The summed E-state index contributed by atoms with van der Waals surface area (Å²) in [7, 11) is 0. The fraction of sp³-hybridized carbons (Fsp3) is 0.111. The van der Waals surface area contributed by atoms with Crippen molar-refractivity contribution in [3.8, 4) is 11.1 Å². The minimum atomic E-state index is 0.560. The van der Waals surface area contributed by atoms with Crippen molar-refractivity contribution in [2.24, 2.45) is 5.73 Å². The number of nitrogens with two attached hydrogens (primary N) is 1. The van der Waals surface area contributed by atoms with Gasteiger partial charge in [-0.1, -0.05) is 72.8 Å². The maximum absolute atomic E-state index is 5.54. The molecule has 0 atom stereocenters. The van der Waals surface area contributed by atoms with Gasteiger partial charge in [0, 0.05) is 6.54 Å². The SMILES string of the molecule is C/C=C(\C=C/CN)c1ccccc1-c1ccccc1. The summed E-state index contributed by atoms with van der Waals surface area (Å²) in [5.74, 6) is 0. The molecule has 0 bridgehead atoms. The number of benzene rings is 2. The maximum atomic E-state index is 5.54. The Morgan fingerprint density at radius 1 is 1.00 bits per heavy atom. The van der Waals surface area contributed by atoms with Gasteiger partial charge in [-0.2, -0.15) is 0 Å². The van der Waals surface area contributed by atoms with Crippen LogP contribution in [0.15, 0.2) is 72.8 Å². The van der Waals surface area contributed by atoms with Gasteiger partial charge in [-0.05, 0) is 29.2 Å². The summed E-state index contributed by atoms with van der Waals surface area (Å²) in [5.41, 5.74) is 10.5. The van der Waals surface area contributed by atoms with Gasteiger partial charge in [0.2, 0.25) is 0 Å². The van der Waals surface area contributed by atoms with Gasteiger partial charge in [0.1, 0.15) is 0 Å². The van der Waals surface area contributed by atoms with Crippen molar-refractivity contribution in [2.45, 2.75) is 6.92 Å². The Hall–Kier alpha value is -2.12. The summed E-state index contributed by atoms with van der Waals surface area (Å²) >= 11 is 0. The molecule has 0 fully saturated rings. The first-order chi connectivity index (χ1) is 9.36. The van der Waals surface area contributed by atoms with Crippen LogP contribution in [0.3, 0.4) is 0 Å². The van der Waals surface area contributed by atoms with E-state index in [0.29, 0.717) is 6.54 Å². The third-order valence-electron chi connectivity index (χ3n) is 3.07. The second-order valence-electron chi connectivity index (χ2n) is 4.29. The Morgan fingerprint density at radius 3 is 2.37 bits per heavy atom. The zero-order valence-electron chi connectivity index (χ0n) is 11.2. The second-order valence-corrected chi connectivity index (χ2v) is 4.29. The summed E-state index contributed by atoms with van der Waals surface area (Å²) in [6, 6.07) is 18.9. The van der Waals surface area contributed by atoms with Crippen LogP contribution in [0.25, 0.3) is 16.7 Å². The number of hydrogen-bond donors (Lipinski definition) is 1. The highest BCUT2D eigenvalue weighted by atomic mass is 14.5. The highest BCUT2D eigenvalue weighted by molar-refractivity contribution is 5.85. The molecular weight excluding hydrogens is 230 g/mol. The minimum absolute atomic E-state index is 0.560. The van der Waals surface area contributed by atoms with Crippen LogP contribution in [0, 0.1) is 0 Å². The second kappa shape index (κ2) is 6.72. The van der Waals surface area contributed by atoms with Gasteiger partial charge in [0.25, 0.3) is 0 Å². The zero-order chi connectivity index (χ0) is 13.5. The molecule has 0 radical (unpaired) electrons. The number of hydrogen-bond acceptors (Lipinski definition) is 1. The first-order valence-corrected chi connectivity index (χ1v) is 6.54. The van der Waals surface area contributed by atoms with Crippen LogP contribution in [0.2, 0.25) is 0 Å². The molecule has 0 aliphatic carbocycles. The Kier molecular flexibility index (Phi) is 4.71. The highest BCUT2D eigenvalue weighted by Gasteiger charge is 2.05. The van der Waals surface area contributed by atoms with E-state index in [1.54, 1.807) is 0 Å². The molecule has 1 nitrogen and oxygen atoms in total. The van der Waals surface area contributed by atoms with Gasteiger partial charge < -0.3 is 5.73 Å². The molecule has 0 spiro atoms. The van der Waals surface area contributed by atoms with E-state index < -0.39 is 0 Å².